The van der Waals surface area contributed by atoms with Crippen LogP contribution < -0.4 is 10.5 Å². The van der Waals surface area contributed by atoms with Gasteiger partial charge in [-0.3, -0.25) is 4.68 Å². The maximum atomic E-state index is 12.2. The number of hydrogen-bond acceptors (Lipinski definition) is 4. The van der Waals surface area contributed by atoms with Gasteiger partial charge < -0.3 is 5.73 Å². The summed E-state index contributed by atoms with van der Waals surface area (Å²) in [7, 11) is -2.23. The zero-order valence-corrected chi connectivity index (χ0v) is 12.4. The fraction of sp³-hybridized carbons (Fsp3) is 0.250. The third kappa shape index (κ3) is 3.18. The van der Waals surface area contributed by atoms with Crippen LogP contribution in [0.5, 0.6) is 0 Å². The predicted molar refractivity (Wildman–Crippen MR) is 76.8 cm³/mol. The molecule has 1 unspecified atom stereocenters. The molecule has 2 aromatic rings. The van der Waals surface area contributed by atoms with Gasteiger partial charge in [0.15, 0.2) is 5.03 Å². The van der Waals surface area contributed by atoms with E-state index < -0.39 is 16.1 Å². The average Bonchev–Trinajstić information content (AvgIpc) is 2.77. The quantitative estimate of drug-likeness (QED) is 0.863. The number of nitrogens with two attached hydrogens (primary N) is 1. The van der Waals surface area contributed by atoms with Crippen LogP contribution >= 0.6 is 11.6 Å². The zero-order valence-electron chi connectivity index (χ0n) is 10.8. The highest BCUT2D eigenvalue weighted by Gasteiger charge is 2.23. The number of nitrogens with one attached hydrogen (secondary N) is 1. The Bertz CT molecular complexity index is 665. The Balaban J connectivity index is 2.11. The molecule has 1 aromatic heterocycles. The summed E-state index contributed by atoms with van der Waals surface area (Å²) >= 11 is 5.83. The van der Waals surface area contributed by atoms with Crippen LogP contribution in [0.3, 0.4) is 0 Å². The highest BCUT2D eigenvalue weighted by molar-refractivity contribution is 7.89. The SMILES string of the molecule is Cn1ncc(Cl)c1S(=O)(=O)NCC(N)c1ccccc1. The molecule has 108 valence electrons. The fourth-order valence-corrected chi connectivity index (χ4v) is 3.50. The van der Waals surface area contributed by atoms with Crippen LogP contribution in [0.1, 0.15) is 11.6 Å². The van der Waals surface area contributed by atoms with E-state index in [1.807, 2.05) is 30.3 Å². The molecule has 0 aliphatic carbocycles. The molecule has 0 spiro atoms. The third-order valence-electron chi connectivity index (χ3n) is 2.82. The average molecular weight is 315 g/mol. The topological polar surface area (TPSA) is 90.0 Å². The van der Waals surface area contributed by atoms with Gasteiger partial charge in [0.05, 0.1) is 11.2 Å². The van der Waals surface area contributed by atoms with Crippen LogP contribution in [0, 0.1) is 0 Å². The first-order valence-corrected chi connectivity index (χ1v) is 7.75. The van der Waals surface area contributed by atoms with Crippen molar-refractivity contribution in [3.8, 4) is 0 Å². The summed E-state index contributed by atoms with van der Waals surface area (Å²) in [4.78, 5) is 0. The number of nitrogens with zero attached hydrogens (tertiary/aromatic N) is 2. The number of aromatic nitrogens is 2. The second-order valence-electron chi connectivity index (χ2n) is 4.29. The molecule has 0 saturated carbocycles. The van der Waals surface area contributed by atoms with E-state index in [9.17, 15) is 8.42 Å². The Morgan fingerprint density at radius 2 is 2.05 bits per heavy atom. The van der Waals surface area contributed by atoms with Gasteiger partial charge in [0.25, 0.3) is 10.0 Å². The Kier molecular flexibility index (Phi) is 4.44. The molecule has 0 saturated heterocycles. The minimum absolute atomic E-state index is 0.0700. The molecule has 2 rings (SSSR count). The highest BCUT2D eigenvalue weighted by atomic mass is 35.5. The molecule has 1 aromatic carbocycles. The van der Waals surface area contributed by atoms with Crippen molar-refractivity contribution in [2.75, 3.05) is 6.54 Å². The largest absolute Gasteiger partial charge is 0.323 e. The van der Waals surface area contributed by atoms with E-state index in [2.05, 4.69) is 9.82 Å². The summed E-state index contributed by atoms with van der Waals surface area (Å²) in [5.41, 5.74) is 6.80. The summed E-state index contributed by atoms with van der Waals surface area (Å²) in [6, 6.07) is 8.82. The van der Waals surface area contributed by atoms with E-state index in [0.717, 1.165) is 5.56 Å². The number of benzene rings is 1. The summed E-state index contributed by atoms with van der Waals surface area (Å²) in [6.45, 7) is 0.0772. The van der Waals surface area contributed by atoms with Crippen molar-refractivity contribution in [2.45, 2.75) is 11.1 Å². The van der Waals surface area contributed by atoms with Crippen LogP contribution in [0.25, 0.3) is 0 Å². The third-order valence-corrected chi connectivity index (χ3v) is 4.75. The number of hydrogen-bond donors (Lipinski definition) is 2. The van der Waals surface area contributed by atoms with Crippen LogP contribution in [0.2, 0.25) is 5.02 Å². The van der Waals surface area contributed by atoms with E-state index in [4.69, 9.17) is 17.3 Å². The number of sulfonamides is 1. The molecule has 0 fully saturated rings. The van der Waals surface area contributed by atoms with Crippen LogP contribution in [0.4, 0.5) is 0 Å². The summed E-state index contributed by atoms with van der Waals surface area (Å²) in [6.07, 6.45) is 1.28. The molecule has 0 aliphatic heterocycles. The Labute approximate surface area is 122 Å². The normalized spacial score (nSPS) is 13.3. The van der Waals surface area contributed by atoms with Crippen LogP contribution in [0.15, 0.2) is 41.6 Å². The van der Waals surface area contributed by atoms with Gasteiger partial charge in [0.2, 0.25) is 0 Å². The van der Waals surface area contributed by atoms with E-state index in [-0.39, 0.29) is 16.6 Å². The predicted octanol–water partition coefficient (Wildman–Crippen LogP) is 1.05. The Hall–Kier alpha value is -1.41. The first-order valence-electron chi connectivity index (χ1n) is 5.89. The number of halogens is 1. The van der Waals surface area contributed by atoms with Gasteiger partial charge in [-0.15, -0.1) is 0 Å². The molecule has 3 N–H and O–H groups in total. The van der Waals surface area contributed by atoms with Crippen molar-refractivity contribution in [1.82, 2.24) is 14.5 Å². The van der Waals surface area contributed by atoms with Crippen LogP contribution in [-0.4, -0.2) is 24.7 Å². The van der Waals surface area contributed by atoms with Gasteiger partial charge in [-0.25, -0.2) is 13.1 Å². The van der Waals surface area contributed by atoms with Gasteiger partial charge in [-0.05, 0) is 5.56 Å². The standard InChI is InChI=1S/C12H15ClN4O2S/c1-17-12(10(13)7-15-17)20(18,19)16-8-11(14)9-5-3-2-4-6-9/h2-7,11,16H,8,14H2,1H3. The van der Waals surface area contributed by atoms with E-state index in [1.165, 1.54) is 17.9 Å². The van der Waals surface area contributed by atoms with Crippen molar-refractivity contribution in [1.29, 1.82) is 0 Å². The number of rotatable bonds is 5. The molecular formula is C12H15ClN4O2S. The van der Waals surface area contributed by atoms with Gasteiger partial charge in [-0.2, -0.15) is 5.10 Å². The highest BCUT2D eigenvalue weighted by Crippen LogP contribution is 2.19. The zero-order chi connectivity index (χ0) is 14.8. The minimum Gasteiger partial charge on any atom is -0.323 e. The van der Waals surface area contributed by atoms with Crippen molar-refractivity contribution in [3.63, 3.8) is 0 Å². The summed E-state index contributed by atoms with van der Waals surface area (Å²) in [5.74, 6) is 0. The van der Waals surface area contributed by atoms with Gasteiger partial charge in [-0.1, -0.05) is 41.9 Å². The minimum atomic E-state index is -3.74. The van der Waals surface area contributed by atoms with Gasteiger partial charge >= 0.3 is 0 Å². The molecule has 0 radical (unpaired) electrons. The second kappa shape index (κ2) is 5.92. The lowest BCUT2D eigenvalue weighted by Gasteiger charge is -2.13. The Morgan fingerprint density at radius 1 is 1.40 bits per heavy atom. The molecule has 0 amide bonds. The monoisotopic (exact) mass is 314 g/mol. The first kappa shape index (κ1) is 15.0. The lowest BCUT2D eigenvalue weighted by atomic mass is 10.1. The molecule has 20 heavy (non-hydrogen) atoms. The molecular weight excluding hydrogens is 300 g/mol. The molecule has 1 atom stereocenters. The smallest absolute Gasteiger partial charge is 0.259 e. The van der Waals surface area contributed by atoms with E-state index >= 15 is 0 Å². The summed E-state index contributed by atoms with van der Waals surface area (Å²) < 4.78 is 28.0. The molecule has 1 heterocycles. The van der Waals surface area contributed by atoms with Gasteiger partial charge in [0.1, 0.15) is 0 Å². The van der Waals surface area contributed by atoms with Crippen molar-refractivity contribution in [2.24, 2.45) is 12.8 Å². The summed E-state index contributed by atoms with van der Waals surface area (Å²) in [5, 5.41) is 3.81. The molecule has 0 aliphatic rings. The van der Waals surface area contributed by atoms with Crippen molar-refractivity contribution in [3.05, 3.63) is 47.1 Å². The molecule has 0 bridgehead atoms. The van der Waals surface area contributed by atoms with E-state index in [0.29, 0.717) is 0 Å². The second-order valence-corrected chi connectivity index (χ2v) is 6.38. The fourth-order valence-electron chi connectivity index (χ4n) is 1.79. The lowest BCUT2D eigenvalue weighted by molar-refractivity contribution is 0.555. The Morgan fingerprint density at radius 3 is 2.60 bits per heavy atom. The van der Waals surface area contributed by atoms with E-state index in [1.54, 1.807) is 0 Å². The lowest BCUT2D eigenvalue weighted by Crippen LogP contribution is -2.33. The first-order chi connectivity index (χ1) is 9.42. The van der Waals surface area contributed by atoms with Crippen LogP contribution in [-0.2, 0) is 17.1 Å². The maximum Gasteiger partial charge on any atom is 0.259 e. The number of aryl methyl sites for hydroxylation is 1. The maximum absolute atomic E-state index is 12.2. The molecule has 6 nitrogen and oxygen atoms in total. The van der Waals surface area contributed by atoms with Crippen molar-refractivity contribution >= 4 is 21.6 Å². The van der Waals surface area contributed by atoms with Crippen molar-refractivity contribution < 1.29 is 8.42 Å². The molecule has 8 heteroatoms. The van der Waals surface area contributed by atoms with Gasteiger partial charge in [0, 0.05) is 19.6 Å².